The maximum atomic E-state index is 11.7. The molecule has 1 aliphatic heterocycles. The van der Waals surface area contributed by atoms with E-state index in [4.69, 9.17) is 5.73 Å². The van der Waals surface area contributed by atoms with Crippen LogP contribution in [0, 0.1) is 0 Å². The van der Waals surface area contributed by atoms with Crippen molar-refractivity contribution < 1.29 is 9.59 Å². The molecule has 106 valence electrons. The molecule has 0 saturated carbocycles. The number of hydrogen-bond acceptors (Lipinski definition) is 3. The van der Waals surface area contributed by atoms with Gasteiger partial charge in [-0.25, -0.2) is 0 Å². The highest BCUT2D eigenvalue weighted by Gasteiger charge is 2.15. The van der Waals surface area contributed by atoms with E-state index < -0.39 is 0 Å². The molecule has 0 spiro atoms. The van der Waals surface area contributed by atoms with E-state index in [-0.39, 0.29) is 24.2 Å². The third-order valence-corrected chi connectivity index (χ3v) is 2.97. The molecule has 0 aromatic carbocycles. The van der Waals surface area contributed by atoms with Crippen LogP contribution in [0.25, 0.3) is 0 Å². The van der Waals surface area contributed by atoms with Crippen LogP contribution in [0.15, 0.2) is 0 Å². The fourth-order valence-corrected chi connectivity index (χ4v) is 1.99. The summed E-state index contributed by atoms with van der Waals surface area (Å²) in [6.07, 6.45) is 5.15. The lowest BCUT2D eigenvalue weighted by molar-refractivity contribution is -0.130. The molecule has 0 aromatic heterocycles. The SMILES string of the molecule is Cl.NCCC(=O)NCCCN1CCCCCC1=O. The van der Waals surface area contributed by atoms with Crippen LogP contribution >= 0.6 is 12.4 Å². The van der Waals surface area contributed by atoms with Gasteiger partial charge in [0.15, 0.2) is 0 Å². The number of nitrogens with two attached hydrogens (primary N) is 1. The van der Waals surface area contributed by atoms with Gasteiger partial charge in [0.2, 0.25) is 11.8 Å². The minimum absolute atomic E-state index is 0. The Bertz CT molecular complexity index is 262. The quantitative estimate of drug-likeness (QED) is 0.701. The van der Waals surface area contributed by atoms with Crippen LogP contribution in [0.1, 0.15) is 38.5 Å². The van der Waals surface area contributed by atoms with Gasteiger partial charge in [0, 0.05) is 39.0 Å². The summed E-state index contributed by atoms with van der Waals surface area (Å²) in [6.45, 7) is 2.64. The summed E-state index contributed by atoms with van der Waals surface area (Å²) >= 11 is 0. The van der Waals surface area contributed by atoms with Gasteiger partial charge in [-0.3, -0.25) is 9.59 Å². The van der Waals surface area contributed by atoms with Crippen molar-refractivity contribution in [2.24, 2.45) is 5.73 Å². The topological polar surface area (TPSA) is 75.4 Å². The van der Waals surface area contributed by atoms with E-state index in [0.717, 1.165) is 38.8 Å². The molecule has 1 heterocycles. The predicted molar refractivity (Wildman–Crippen MR) is 73.6 cm³/mol. The molecule has 0 atom stereocenters. The van der Waals surface area contributed by atoms with Crippen molar-refractivity contribution in [1.82, 2.24) is 10.2 Å². The Morgan fingerprint density at radius 2 is 2.11 bits per heavy atom. The lowest BCUT2D eigenvalue weighted by Gasteiger charge is -2.20. The lowest BCUT2D eigenvalue weighted by atomic mass is 10.2. The average Bonchev–Trinajstić information content (AvgIpc) is 2.50. The van der Waals surface area contributed by atoms with Crippen LogP contribution in [-0.4, -0.2) is 42.9 Å². The third-order valence-electron chi connectivity index (χ3n) is 2.97. The first-order valence-corrected chi connectivity index (χ1v) is 6.48. The van der Waals surface area contributed by atoms with Gasteiger partial charge >= 0.3 is 0 Å². The molecule has 0 unspecified atom stereocenters. The van der Waals surface area contributed by atoms with Crippen LogP contribution in [0.5, 0.6) is 0 Å². The van der Waals surface area contributed by atoms with Gasteiger partial charge in [-0.05, 0) is 19.3 Å². The Hall–Kier alpha value is -0.810. The summed E-state index contributed by atoms with van der Waals surface area (Å²) in [6, 6.07) is 0. The van der Waals surface area contributed by atoms with Crippen molar-refractivity contribution in [3.8, 4) is 0 Å². The molecule has 1 rings (SSSR count). The number of hydrogen-bond donors (Lipinski definition) is 2. The van der Waals surface area contributed by atoms with E-state index in [1.165, 1.54) is 0 Å². The van der Waals surface area contributed by atoms with Crippen molar-refractivity contribution in [1.29, 1.82) is 0 Å². The van der Waals surface area contributed by atoms with Crippen molar-refractivity contribution in [3.05, 3.63) is 0 Å². The zero-order chi connectivity index (χ0) is 12.5. The number of nitrogens with one attached hydrogen (secondary N) is 1. The zero-order valence-electron chi connectivity index (χ0n) is 10.8. The summed E-state index contributed by atoms with van der Waals surface area (Å²) in [5.74, 6) is 0.255. The molecule has 0 aromatic rings. The van der Waals surface area contributed by atoms with E-state index in [0.29, 0.717) is 25.9 Å². The molecule has 18 heavy (non-hydrogen) atoms. The molecule has 0 aliphatic carbocycles. The molecule has 5 nitrogen and oxygen atoms in total. The maximum absolute atomic E-state index is 11.7. The number of nitrogens with zero attached hydrogens (tertiary/aromatic N) is 1. The minimum Gasteiger partial charge on any atom is -0.356 e. The van der Waals surface area contributed by atoms with E-state index >= 15 is 0 Å². The van der Waals surface area contributed by atoms with E-state index in [2.05, 4.69) is 5.32 Å². The molecule has 3 N–H and O–H groups in total. The van der Waals surface area contributed by atoms with Gasteiger partial charge in [-0.15, -0.1) is 12.4 Å². The van der Waals surface area contributed by atoms with Crippen molar-refractivity contribution >= 4 is 24.2 Å². The molecule has 1 fully saturated rings. The van der Waals surface area contributed by atoms with E-state index in [1.807, 2.05) is 4.90 Å². The molecule has 2 amide bonds. The fraction of sp³-hybridized carbons (Fsp3) is 0.833. The number of carbonyl (C=O) groups is 2. The van der Waals surface area contributed by atoms with Crippen LogP contribution in [0.2, 0.25) is 0 Å². The lowest BCUT2D eigenvalue weighted by Crippen LogP contribution is -2.34. The zero-order valence-corrected chi connectivity index (χ0v) is 11.6. The summed E-state index contributed by atoms with van der Waals surface area (Å²) in [5, 5.41) is 2.80. The minimum atomic E-state index is -0.00491. The Morgan fingerprint density at radius 3 is 2.83 bits per heavy atom. The number of halogens is 1. The van der Waals surface area contributed by atoms with Gasteiger partial charge in [-0.1, -0.05) is 6.42 Å². The average molecular weight is 278 g/mol. The number of carbonyl (C=O) groups excluding carboxylic acids is 2. The van der Waals surface area contributed by atoms with Gasteiger partial charge in [0.05, 0.1) is 0 Å². The summed E-state index contributed by atoms with van der Waals surface area (Å²) in [5.41, 5.74) is 5.27. The first-order valence-electron chi connectivity index (χ1n) is 6.48. The molecule has 1 saturated heterocycles. The summed E-state index contributed by atoms with van der Waals surface area (Å²) in [4.78, 5) is 24.7. The number of amides is 2. The van der Waals surface area contributed by atoms with E-state index in [9.17, 15) is 9.59 Å². The monoisotopic (exact) mass is 277 g/mol. The van der Waals surface area contributed by atoms with Crippen molar-refractivity contribution in [2.45, 2.75) is 38.5 Å². The second-order valence-corrected chi connectivity index (χ2v) is 4.43. The van der Waals surface area contributed by atoms with Crippen LogP contribution in [-0.2, 0) is 9.59 Å². The van der Waals surface area contributed by atoms with Crippen LogP contribution in [0.4, 0.5) is 0 Å². The maximum Gasteiger partial charge on any atom is 0.222 e. The van der Waals surface area contributed by atoms with Gasteiger partial charge in [0.25, 0.3) is 0 Å². The number of rotatable bonds is 6. The molecular weight excluding hydrogens is 254 g/mol. The van der Waals surface area contributed by atoms with Gasteiger partial charge < -0.3 is 16.0 Å². The molecule has 0 bridgehead atoms. The first kappa shape index (κ1) is 17.2. The first-order chi connectivity index (χ1) is 8.24. The standard InChI is InChI=1S/C12H23N3O2.ClH/c13-7-6-11(16)14-8-4-10-15-9-3-1-2-5-12(15)17;/h1-10,13H2,(H,14,16);1H. The Balaban J connectivity index is 0.00000289. The number of likely N-dealkylation sites (tertiary alicyclic amines) is 1. The highest BCUT2D eigenvalue weighted by molar-refractivity contribution is 5.85. The molecular formula is C12H24ClN3O2. The van der Waals surface area contributed by atoms with Crippen molar-refractivity contribution in [2.75, 3.05) is 26.2 Å². The highest BCUT2D eigenvalue weighted by Crippen LogP contribution is 2.10. The normalized spacial score (nSPS) is 15.8. The summed E-state index contributed by atoms with van der Waals surface area (Å²) < 4.78 is 0. The molecule has 6 heteroatoms. The van der Waals surface area contributed by atoms with Gasteiger partial charge in [-0.2, -0.15) is 0 Å². The van der Waals surface area contributed by atoms with Crippen LogP contribution in [0.3, 0.4) is 0 Å². The Kier molecular flexibility index (Phi) is 9.69. The smallest absolute Gasteiger partial charge is 0.222 e. The molecule has 0 radical (unpaired) electrons. The van der Waals surface area contributed by atoms with E-state index in [1.54, 1.807) is 0 Å². The Labute approximate surface area is 115 Å². The highest BCUT2D eigenvalue weighted by atomic mass is 35.5. The fourth-order valence-electron chi connectivity index (χ4n) is 1.99. The largest absolute Gasteiger partial charge is 0.356 e. The second-order valence-electron chi connectivity index (χ2n) is 4.43. The van der Waals surface area contributed by atoms with Crippen molar-refractivity contribution in [3.63, 3.8) is 0 Å². The third kappa shape index (κ3) is 6.81. The van der Waals surface area contributed by atoms with Crippen LogP contribution < -0.4 is 11.1 Å². The Morgan fingerprint density at radius 1 is 1.33 bits per heavy atom. The summed E-state index contributed by atoms with van der Waals surface area (Å²) in [7, 11) is 0. The predicted octanol–water partition coefficient (Wildman–Crippen LogP) is 0.666. The van der Waals surface area contributed by atoms with Gasteiger partial charge in [0.1, 0.15) is 0 Å². The second kappa shape index (κ2) is 10.1. The molecule has 1 aliphatic rings.